The van der Waals surface area contributed by atoms with Crippen molar-refractivity contribution >= 4 is 5.78 Å². The van der Waals surface area contributed by atoms with Crippen LogP contribution in [0.4, 0.5) is 0 Å². The number of carbonyl (C=O) groups is 1. The van der Waals surface area contributed by atoms with Gasteiger partial charge in [0.25, 0.3) is 0 Å². The Kier molecular flexibility index (Phi) is 3.55. The number of ether oxygens (including phenoxy) is 1. The molecule has 3 rings (SSSR count). The molecule has 0 amide bonds. The summed E-state index contributed by atoms with van der Waals surface area (Å²) in [5, 5.41) is 0. The first-order valence-electron chi connectivity index (χ1n) is 7.11. The maximum absolute atomic E-state index is 12.4. The lowest BCUT2D eigenvalue weighted by molar-refractivity contribution is 0.0965. The van der Waals surface area contributed by atoms with Gasteiger partial charge >= 0.3 is 0 Å². The van der Waals surface area contributed by atoms with Crippen LogP contribution in [0.1, 0.15) is 35.2 Å². The van der Waals surface area contributed by atoms with E-state index >= 15 is 0 Å². The molecular formula is C18H18O2. The Morgan fingerprint density at radius 3 is 2.70 bits per heavy atom. The number of ketones is 1. The predicted molar refractivity (Wildman–Crippen MR) is 79.2 cm³/mol. The van der Waals surface area contributed by atoms with E-state index in [1.165, 1.54) is 5.56 Å². The second-order valence-electron chi connectivity index (χ2n) is 5.18. The zero-order valence-electron chi connectivity index (χ0n) is 11.6. The van der Waals surface area contributed by atoms with E-state index in [4.69, 9.17) is 4.74 Å². The minimum absolute atomic E-state index is 0.134. The molecule has 2 nitrogen and oxygen atoms in total. The van der Waals surface area contributed by atoms with Gasteiger partial charge in [-0.3, -0.25) is 4.79 Å². The number of hydrogen-bond acceptors (Lipinski definition) is 2. The molecule has 2 unspecified atom stereocenters. The maximum atomic E-state index is 12.4. The van der Waals surface area contributed by atoms with Crippen molar-refractivity contribution in [3.63, 3.8) is 0 Å². The number of carbonyl (C=O) groups excluding carboxylic acids is 1. The third-order valence-electron chi connectivity index (χ3n) is 3.78. The molecule has 0 aliphatic heterocycles. The van der Waals surface area contributed by atoms with Gasteiger partial charge in [0.2, 0.25) is 0 Å². The smallest absolute Gasteiger partial charge is 0.166 e. The van der Waals surface area contributed by atoms with Crippen LogP contribution < -0.4 is 4.74 Å². The number of benzene rings is 2. The van der Waals surface area contributed by atoms with Crippen molar-refractivity contribution in [2.75, 3.05) is 6.61 Å². The molecular weight excluding hydrogens is 248 g/mol. The van der Waals surface area contributed by atoms with Gasteiger partial charge in [-0.2, -0.15) is 0 Å². The van der Waals surface area contributed by atoms with Crippen LogP contribution in [0.5, 0.6) is 5.75 Å². The second kappa shape index (κ2) is 5.49. The Morgan fingerprint density at radius 1 is 1.15 bits per heavy atom. The van der Waals surface area contributed by atoms with Crippen molar-refractivity contribution in [1.82, 2.24) is 0 Å². The average Bonchev–Trinajstić information content (AvgIpc) is 3.29. The molecule has 20 heavy (non-hydrogen) atoms. The summed E-state index contributed by atoms with van der Waals surface area (Å²) < 4.78 is 5.52. The molecule has 0 bridgehead atoms. The second-order valence-corrected chi connectivity index (χ2v) is 5.18. The number of rotatable bonds is 5. The van der Waals surface area contributed by atoms with E-state index in [1.54, 1.807) is 0 Å². The molecule has 2 aromatic rings. The van der Waals surface area contributed by atoms with Gasteiger partial charge in [-0.15, -0.1) is 0 Å². The zero-order valence-corrected chi connectivity index (χ0v) is 11.6. The Balaban J connectivity index is 1.73. The molecule has 2 atom stereocenters. The fourth-order valence-corrected chi connectivity index (χ4v) is 2.67. The summed E-state index contributed by atoms with van der Waals surface area (Å²) in [6.07, 6.45) is 0.948. The van der Waals surface area contributed by atoms with Crippen molar-refractivity contribution in [3.8, 4) is 5.75 Å². The minimum atomic E-state index is 0.134. The summed E-state index contributed by atoms with van der Waals surface area (Å²) in [6, 6.07) is 17.7. The highest BCUT2D eigenvalue weighted by atomic mass is 16.5. The molecule has 1 fully saturated rings. The molecule has 1 aliphatic carbocycles. The monoisotopic (exact) mass is 266 g/mol. The first-order valence-corrected chi connectivity index (χ1v) is 7.11. The lowest BCUT2D eigenvalue weighted by Crippen LogP contribution is -2.02. The van der Waals surface area contributed by atoms with E-state index in [0.717, 1.165) is 17.7 Å². The van der Waals surface area contributed by atoms with Gasteiger partial charge in [0.05, 0.1) is 6.61 Å². The van der Waals surface area contributed by atoms with Gasteiger partial charge in [0, 0.05) is 11.5 Å². The fraction of sp³-hybridized carbons (Fsp3) is 0.278. The zero-order chi connectivity index (χ0) is 13.9. The van der Waals surface area contributed by atoms with Crippen molar-refractivity contribution in [2.24, 2.45) is 5.92 Å². The highest BCUT2D eigenvalue weighted by Gasteiger charge is 2.44. The van der Waals surface area contributed by atoms with Gasteiger partial charge in [-0.05, 0) is 37.0 Å². The predicted octanol–water partition coefficient (Wildman–Crippen LogP) is 4.07. The molecule has 2 heteroatoms. The summed E-state index contributed by atoms with van der Waals surface area (Å²) in [6.45, 7) is 2.64. The van der Waals surface area contributed by atoms with Crippen LogP contribution in [0.25, 0.3) is 0 Å². The molecule has 0 radical (unpaired) electrons. The van der Waals surface area contributed by atoms with E-state index in [0.29, 0.717) is 12.5 Å². The van der Waals surface area contributed by atoms with Crippen LogP contribution in [-0.4, -0.2) is 12.4 Å². The maximum Gasteiger partial charge on any atom is 0.166 e. The fourth-order valence-electron chi connectivity index (χ4n) is 2.67. The first-order chi connectivity index (χ1) is 9.79. The van der Waals surface area contributed by atoms with Gasteiger partial charge in [0.1, 0.15) is 5.75 Å². The van der Waals surface area contributed by atoms with Crippen LogP contribution in [0.15, 0.2) is 54.6 Å². The van der Waals surface area contributed by atoms with Gasteiger partial charge in [-0.1, -0.05) is 42.5 Å². The van der Waals surface area contributed by atoms with Crippen LogP contribution in [0.3, 0.4) is 0 Å². The van der Waals surface area contributed by atoms with Crippen LogP contribution in [0, 0.1) is 5.92 Å². The quantitative estimate of drug-likeness (QED) is 0.762. The van der Waals surface area contributed by atoms with E-state index in [2.05, 4.69) is 12.1 Å². The molecule has 102 valence electrons. The Hall–Kier alpha value is -2.09. The lowest BCUT2D eigenvalue weighted by atomic mass is 10.0. The third kappa shape index (κ3) is 2.60. The van der Waals surface area contributed by atoms with Crippen LogP contribution in [-0.2, 0) is 0 Å². The van der Waals surface area contributed by atoms with Gasteiger partial charge in [-0.25, -0.2) is 0 Å². The summed E-state index contributed by atoms with van der Waals surface area (Å²) >= 11 is 0. The lowest BCUT2D eigenvalue weighted by Gasteiger charge is -2.05. The van der Waals surface area contributed by atoms with E-state index in [-0.39, 0.29) is 11.7 Å². The van der Waals surface area contributed by atoms with Gasteiger partial charge < -0.3 is 4.74 Å². The van der Waals surface area contributed by atoms with Crippen molar-refractivity contribution < 1.29 is 9.53 Å². The van der Waals surface area contributed by atoms with Crippen molar-refractivity contribution in [3.05, 3.63) is 65.7 Å². The van der Waals surface area contributed by atoms with Crippen molar-refractivity contribution in [2.45, 2.75) is 19.3 Å². The highest BCUT2D eigenvalue weighted by molar-refractivity contribution is 6.00. The molecule has 0 aromatic heterocycles. The third-order valence-corrected chi connectivity index (χ3v) is 3.78. The normalized spacial score (nSPS) is 20.4. The highest BCUT2D eigenvalue weighted by Crippen LogP contribution is 2.49. The molecule has 0 N–H and O–H groups in total. The summed E-state index contributed by atoms with van der Waals surface area (Å²) in [5.41, 5.74) is 2.03. The molecule has 1 aliphatic rings. The summed E-state index contributed by atoms with van der Waals surface area (Å²) in [7, 11) is 0. The van der Waals surface area contributed by atoms with Crippen LogP contribution in [0.2, 0.25) is 0 Å². The summed E-state index contributed by atoms with van der Waals surface area (Å²) in [5.74, 6) is 1.64. The van der Waals surface area contributed by atoms with Crippen molar-refractivity contribution in [1.29, 1.82) is 0 Å². The SMILES string of the molecule is CCOc1cccc(C2CC2C(=O)c2ccccc2)c1. The Bertz CT molecular complexity index is 604. The topological polar surface area (TPSA) is 26.3 Å². The molecule has 0 spiro atoms. The van der Waals surface area contributed by atoms with E-state index < -0.39 is 0 Å². The Labute approximate surface area is 119 Å². The number of Topliss-reactive ketones (excluding diaryl/α,β-unsaturated/α-hetero) is 1. The molecule has 0 saturated heterocycles. The van der Waals surface area contributed by atoms with E-state index in [9.17, 15) is 4.79 Å². The van der Waals surface area contributed by atoms with E-state index in [1.807, 2.05) is 49.4 Å². The standard InChI is InChI=1S/C18H18O2/c1-2-20-15-10-6-9-14(11-15)16-12-17(16)18(19)13-7-4-3-5-8-13/h3-11,16-17H,2,12H2,1H3. The average molecular weight is 266 g/mol. The Morgan fingerprint density at radius 2 is 1.95 bits per heavy atom. The molecule has 1 saturated carbocycles. The minimum Gasteiger partial charge on any atom is -0.494 e. The first kappa shape index (κ1) is 12.9. The van der Waals surface area contributed by atoms with Crippen LogP contribution >= 0.6 is 0 Å². The summed E-state index contributed by atoms with van der Waals surface area (Å²) in [4.78, 5) is 12.4. The molecule has 2 aromatic carbocycles. The largest absolute Gasteiger partial charge is 0.494 e. The molecule has 0 heterocycles. The van der Waals surface area contributed by atoms with Gasteiger partial charge in [0.15, 0.2) is 5.78 Å². The number of hydrogen-bond donors (Lipinski definition) is 0.